The van der Waals surface area contributed by atoms with E-state index in [1.807, 2.05) is 6.92 Å². The number of carbonyl (C=O) groups excluding carboxylic acids is 2. The Hall–Kier alpha value is -1.14. The van der Waals surface area contributed by atoms with Crippen LogP contribution >= 0.6 is 0 Å². The summed E-state index contributed by atoms with van der Waals surface area (Å²) in [5.41, 5.74) is -0.344. The number of hydrogen-bond donors (Lipinski definition) is 2. The van der Waals surface area contributed by atoms with E-state index in [4.69, 9.17) is 4.74 Å². The summed E-state index contributed by atoms with van der Waals surface area (Å²) in [6.45, 7) is 5.05. The monoisotopic (exact) mass is 299 g/mol. The van der Waals surface area contributed by atoms with E-state index in [2.05, 4.69) is 10.6 Å². The van der Waals surface area contributed by atoms with Crippen molar-refractivity contribution < 1.29 is 14.3 Å². The third-order valence-corrected chi connectivity index (χ3v) is 4.18. The highest BCUT2D eigenvalue weighted by atomic mass is 16.5. The average Bonchev–Trinajstić information content (AvgIpc) is 2.51. The van der Waals surface area contributed by atoms with Gasteiger partial charge in [0.2, 0.25) is 11.8 Å². The molecule has 0 aromatic carbocycles. The number of amides is 2. The topological polar surface area (TPSA) is 70.7 Å². The van der Waals surface area contributed by atoms with Crippen LogP contribution in [0.4, 0.5) is 0 Å². The van der Waals surface area contributed by atoms with Crippen LogP contribution in [-0.4, -0.2) is 63.7 Å². The number of methoxy groups -OCH3 is 1. The maximum atomic E-state index is 12.6. The van der Waals surface area contributed by atoms with Gasteiger partial charge in [0, 0.05) is 33.9 Å². The first kappa shape index (κ1) is 17.9. The van der Waals surface area contributed by atoms with Gasteiger partial charge in [-0.3, -0.25) is 9.59 Å². The fraction of sp³-hybridized carbons (Fsp3) is 0.867. The highest BCUT2D eigenvalue weighted by Crippen LogP contribution is 2.31. The quantitative estimate of drug-likeness (QED) is 0.636. The van der Waals surface area contributed by atoms with Gasteiger partial charge in [0.25, 0.3) is 0 Å². The third-order valence-electron chi connectivity index (χ3n) is 4.18. The molecule has 122 valence electrons. The Balaban J connectivity index is 2.43. The third kappa shape index (κ3) is 5.28. The van der Waals surface area contributed by atoms with Gasteiger partial charge in [-0.25, -0.2) is 0 Å². The van der Waals surface area contributed by atoms with Crippen LogP contribution in [0.15, 0.2) is 0 Å². The Morgan fingerprint density at radius 1 is 1.43 bits per heavy atom. The minimum absolute atomic E-state index is 0.0734. The van der Waals surface area contributed by atoms with E-state index >= 15 is 0 Å². The minimum Gasteiger partial charge on any atom is -0.385 e. The first-order chi connectivity index (χ1) is 10.1. The maximum Gasteiger partial charge on any atom is 0.239 e. The van der Waals surface area contributed by atoms with E-state index in [1.165, 1.54) is 0 Å². The number of piperidine rings is 1. The number of hydrogen-bond acceptors (Lipinski definition) is 4. The number of likely N-dealkylation sites (N-methyl/N-ethyl adjacent to an activating group) is 1. The first-order valence-corrected chi connectivity index (χ1v) is 7.77. The second-order valence-corrected chi connectivity index (χ2v) is 5.77. The van der Waals surface area contributed by atoms with Crippen molar-refractivity contribution in [3.05, 3.63) is 0 Å². The highest BCUT2D eigenvalue weighted by molar-refractivity contribution is 5.88. The number of rotatable bonds is 8. The van der Waals surface area contributed by atoms with Gasteiger partial charge in [-0.1, -0.05) is 6.92 Å². The molecule has 0 radical (unpaired) electrons. The van der Waals surface area contributed by atoms with E-state index in [0.29, 0.717) is 19.7 Å². The van der Waals surface area contributed by atoms with E-state index < -0.39 is 0 Å². The van der Waals surface area contributed by atoms with Crippen LogP contribution in [0.3, 0.4) is 0 Å². The smallest absolute Gasteiger partial charge is 0.239 e. The van der Waals surface area contributed by atoms with Gasteiger partial charge in [0.1, 0.15) is 0 Å². The Bertz CT molecular complexity index is 341. The zero-order valence-electron chi connectivity index (χ0n) is 13.5. The fourth-order valence-electron chi connectivity index (χ4n) is 2.80. The van der Waals surface area contributed by atoms with Gasteiger partial charge in [-0.05, 0) is 32.2 Å². The molecule has 1 heterocycles. The predicted molar refractivity (Wildman–Crippen MR) is 82.0 cm³/mol. The Kier molecular flexibility index (Phi) is 7.67. The number of nitrogens with one attached hydrogen (secondary N) is 2. The molecule has 1 saturated heterocycles. The summed E-state index contributed by atoms with van der Waals surface area (Å²) < 4.78 is 4.93. The summed E-state index contributed by atoms with van der Waals surface area (Å²) in [7, 11) is 3.35. The molecule has 6 nitrogen and oxygen atoms in total. The van der Waals surface area contributed by atoms with Crippen molar-refractivity contribution in [3.8, 4) is 0 Å². The molecule has 6 heteroatoms. The van der Waals surface area contributed by atoms with Gasteiger partial charge in [-0.15, -0.1) is 0 Å². The summed E-state index contributed by atoms with van der Waals surface area (Å²) in [5, 5.41) is 6.11. The molecule has 0 aliphatic carbocycles. The van der Waals surface area contributed by atoms with Crippen molar-refractivity contribution in [1.82, 2.24) is 15.5 Å². The first-order valence-electron chi connectivity index (χ1n) is 7.77. The zero-order chi connectivity index (χ0) is 15.7. The lowest BCUT2D eigenvalue weighted by atomic mass is 9.77. The van der Waals surface area contributed by atoms with Crippen LogP contribution in [0.2, 0.25) is 0 Å². The van der Waals surface area contributed by atoms with Crippen molar-refractivity contribution in [2.75, 3.05) is 46.9 Å². The van der Waals surface area contributed by atoms with Crippen LogP contribution in [0.5, 0.6) is 0 Å². The van der Waals surface area contributed by atoms with Crippen molar-refractivity contribution in [1.29, 1.82) is 0 Å². The van der Waals surface area contributed by atoms with Gasteiger partial charge in [0.05, 0.1) is 12.0 Å². The summed E-state index contributed by atoms with van der Waals surface area (Å²) >= 11 is 0. The molecule has 0 bridgehead atoms. The number of nitrogens with zero attached hydrogens (tertiary/aromatic N) is 1. The van der Waals surface area contributed by atoms with Gasteiger partial charge >= 0.3 is 0 Å². The van der Waals surface area contributed by atoms with Crippen LogP contribution in [0, 0.1) is 5.41 Å². The lowest BCUT2D eigenvalue weighted by molar-refractivity contribution is -0.144. The van der Waals surface area contributed by atoms with Crippen molar-refractivity contribution in [3.63, 3.8) is 0 Å². The van der Waals surface area contributed by atoms with Crippen LogP contribution < -0.4 is 10.6 Å². The molecule has 1 fully saturated rings. The number of ether oxygens (including phenoxy) is 1. The lowest BCUT2D eigenvalue weighted by Gasteiger charge is -2.38. The molecule has 0 aromatic rings. The van der Waals surface area contributed by atoms with Crippen molar-refractivity contribution >= 4 is 11.8 Å². The summed E-state index contributed by atoms with van der Waals surface area (Å²) in [4.78, 5) is 26.0. The summed E-state index contributed by atoms with van der Waals surface area (Å²) in [5.74, 6) is -0.0405. The van der Waals surface area contributed by atoms with E-state index in [9.17, 15) is 9.59 Å². The normalized spacial score (nSPS) is 21.9. The maximum absolute atomic E-state index is 12.6. The largest absolute Gasteiger partial charge is 0.385 e. The molecular weight excluding hydrogens is 270 g/mol. The molecule has 1 rings (SSSR count). The van der Waals surface area contributed by atoms with Crippen LogP contribution in [0.25, 0.3) is 0 Å². The summed E-state index contributed by atoms with van der Waals surface area (Å²) in [6.07, 6.45) is 3.49. The molecule has 1 aliphatic rings. The average molecular weight is 299 g/mol. The molecule has 21 heavy (non-hydrogen) atoms. The van der Waals surface area contributed by atoms with E-state index in [0.717, 1.165) is 32.2 Å². The Morgan fingerprint density at radius 2 is 2.19 bits per heavy atom. The second kappa shape index (κ2) is 9.00. The fourth-order valence-corrected chi connectivity index (χ4v) is 2.80. The molecule has 0 saturated carbocycles. The molecule has 1 unspecified atom stereocenters. The van der Waals surface area contributed by atoms with Gasteiger partial charge in [0.15, 0.2) is 0 Å². The molecule has 2 amide bonds. The summed E-state index contributed by atoms with van der Waals surface area (Å²) in [6, 6.07) is 0. The van der Waals surface area contributed by atoms with Crippen LogP contribution in [0.1, 0.15) is 32.6 Å². The SMILES string of the molecule is CCC1(C(=O)N(C)CC(=O)NCCCOC)CCCNC1. The van der Waals surface area contributed by atoms with Gasteiger partial charge in [-0.2, -0.15) is 0 Å². The molecule has 0 spiro atoms. The molecule has 1 aliphatic heterocycles. The zero-order valence-corrected chi connectivity index (χ0v) is 13.5. The molecule has 0 aromatic heterocycles. The van der Waals surface area contributed by atoms with E-state index in [-0.39, 0.29) is 23.8 Å². The molecule has 1 atom stereocenters. The highest BCUT2D eigenvalue weighted by Gasteiger charge is 2.39. The van der Waals surface area contributed by atoms with Gasteiger partial charge < -0.3 is 20.3 Å². The standard InChI is InChI=1S/C15H29N3O3/c1-4-15(7-5-8-16-12-15)14(20)18(2)11-13(19)17-9-6-10-21-3/h16H,4-12H2,1-3H3,(H,17,19). The second-order valence-electron chi connectivity index (χ2n) is 5.77. The van der Waals surface area contributed by atoms with E-state index in [1.54, 1.807) is 19.1 Å². The Labute approximate surface area is 127 Å². The lowest BCUT2D eigenvalue weighted by Crippen LogP contribution is -2.52. The minimum atomic E-state index is -0.344. The number of carbonyl (C=O) groups is 2. The molecular formula is C15H29N3O3. The molecule has 2 N–H and O–H groups in total. The van der Waals surface area contributed by atoms with Crippen molar-refractivity contribution in [2.45, 2.75) is 32.6 Å². The predicted octanol–water partition coefficient (Wildman–Crippen LogP) is 0.377. The Morgan fingerprint density at radius 3 is 2.76 bits per heavy atom. The van der Waals surface area contributed by atoms with Crippen LogP contribution in [-0.2, 0) is 14.3 Å². The van der Waals surface area contributed by atoms with Crippen molar-refractivity contribution in [2.24, 2.45) is 5.41 Å².